The zero-order valence-corrected chi connectivity index (χ0v) is 11.6. The van der Waals surface area contributed by atoms with Crippen LogP contribution in [0.5, 0.6) is 11.5 Å². The summed E-state index contributed by atoms with van der Waals surface area (Å²) in [6, 6.07) is 6.05. The van der Waals surface area contributed by atoms with E-state index in [9.17, 15) is 0 Å². The van der Waals surface area contributed by atoms with Crippen molar-refractivity contribution in [2.75, 3.05) is 13.3 Å². The van der Waals surface area contributed by atoms with Crippen LogP contribution in [-0.4, -0.2) is 18.3 Å². The van der Waals surface area contributed by atoms with Gasteiger partial charge in [-0.05, 0) is 24.6 Å². The Morgan fingerprint density at radius 3 is 3.05 bits per heavy atom. The van der Waals surface area contributed by atoms with Gasteiger partial charge < -0.3 is 14.8 Å². The van der Waals surface area contributed by atoms with Crippen LogP contribution in [0.25, 0.3) is 0 Å². The maximum atomic E-state index is 5.36. The first-order valence-corrected chi connectivity index (χ1v) is 7.19. The summed E-state index contributed by atoms with van der Waals surface area (Å²) < 4.78 is 10.6. The number of nitrogens with zero attached hydrogens (tertiary/aromatic N) is 1. The Balaban J connectivity index is 1.47. The molecule has 1 N–H and O–H groups in total. The van der Waals surface area contributed by atoms with Crippen LogP contribution in [0.2, 0.25) is 0 Å². The van der Waals surface area contributed by atoms with Crippen LogP contribution < -0.4 is 14.8 Å². The molecule has 1 aliphatic heterocycles. The first-order valence-electron chi connectivity index (χ1n) is 6.31. The van der Waals surface area contributed by atoms with Gasteiger partial charge in [0.05, 0.1) is 10.7 Å². The summed E-state index contributed by atoms with van der Waals surface area (Å²) in [5.41, 5.74) is 2.37. The molecule has 0 radical (unpaired) electrons. The van der Waals surface area contributed by atoms with Gasteiger partial charge in [-0.15, -0.1) is 11.3 Å². The van der Waals surface area contributed by atoms with Gasteiger partial charge in [-0.3, -0.25) is 0 Å². The van der Waals surface area contributed by atoms with Crippen molar-refractivity contribution in [1.82, 2.24) is 10.3 Å². The van der Waals surface area contributed by atoms with Crippen molar-refractivity contribution in [3.05, 3.63) is 39.8 Å². The third-order valence-electron chi connectivity index (χ3n) is 2.99. The molecule has 1 aliphatic rings. The second-order valence-corrected chi connectivity index (χ2v) is 5.53. The first-order chi connectivity index (χ1) is 9.31. The smallest absolute Gasteiger partial charge is 0.231 e. The van der Waals surface area contributed by atoms with E-state index < -0.39 is 0 Å². The molecule has 100 valence electrons. The van der Waals surface area contributed by atoms with Crippen LogP contribution in [0, 0.1) is 6.92 Å². The summed E-state index contributed by atoms with van der Waals surface area (Å²) in [6.45, 7) is 4.13. The van der Waals surface area contributed by atoms with Gasteiger partial charge in [0.25, 0.3) is 0 Å². The maximum absolute atomic E-state index is 5.36. The van der Waals surface area contributed by atoms with Crippen LogP contribution in [-0.2, 0) is 13.0 Å². The Morgan fingerprint density at radius 1 is 1.32 bits per heavy atom. The summed E-state index contributed by atoms with van der Waals surface area (Å²) in [5, 5.41) is 6.67. The lowest BCUT2D eigenvalue weighted by molar-refractivity contribution is 0.174. The van der Waals surface area contributed by atoms with Gasteiger partial charge in [0.2, 0.25) is 6.79 Å². The molecular formula is C14H16N2O2S. The Labute approximate surface area is 116 Å². The molecule has 0 amide bonds. The average Bonchev–Trinajstić information content (AvgIpc) is 3.03. The molecule has 0 spiro atoms. The van der Waals surface area contributed by atoms with Crippen molar-refractivity contribution in [2.24, 2.45) is 0 Å². The third-order valence-corrected chi connectivity index (χ3v) is 3.81. The minimum absolute atomic E-state index is 0.329. The molecule has 2 heterocycles. The molecule has 1 aromatic heterocycles. The van der Waals surface area contributed by atoms with Crippen molar-refractivity contribution in [3.63, 3.8) is 0 Å². The SMILES string of the molecule is Cc1nc(CCNCc2ccc3c(c2)OCO3)cs1. The molecule has 3 rings (SSSR count). The van der Waals surface area contributed by atoms with Gasteiger partial charge in [0.1, 0.15) is 0 Å². The van der Waals surface area contributed by atoms with E-state index in [4.69, 9.17) is 9.47 Å². The number of hydrogen-bond acceptors (Lipinski definition) is 5. The van der Waals surface area contributed by atoms with E-state index in [-0.39, 0.29) is 0 Å². The van der Waals surface area contributed by atoms with Gasteiger partial charge in [0.15, 0.2) is 11.5 Å². The number of ether oxygens (including phenoxy) is 2. The number of thiazole rings is 1. The topological polar surface area (TPSA) is 43.4 Å². The maximum Gasteiger partial charge on any atom is 0.231 e. The lowest BCUT2D eigenvalue weighted by Crippen LogP contribution is -2.16. The standard InChI is InChI=1S/C14H16N2O2S/c1-10-16-12(8-19-10)4-5-15-7-11-2-3-13-14(6-11)18-9-17-13/h2-3,6,8,15H,4-5,7,9H2,1H3. The van der Waals surface area contributed by atoms with Gasteiger partial charge in [-0.25, -0.2) is 4.98 Å². The Hall–Kier alpha value is -1.59. The van der Waals surface area contributed by atoms with Gasteiger partial charge in [0, 0.05) is 24.9 Å². The zero-order valence-electron chi connectivity index (χ0n) is 10.8. The Kier molecular flexibility index (Phi) is 3.66. The number of fused-ring (bicyclic) bond motifs is 1. The van der Waals surface area contributed by atoms with Crippen molar-refractivity contribution in [2.45, 2.75) is 19.9 Å². The summed E-state index contributed by atoms with van der Waals surface area (Å²) in [6.07, 6.45) is 0.967. The second kappa shape index (κ2) is 5.59. The fourth-order valence-electron chi connectivity index (χ4n) is 2.02. The molecule has 0 saturated heterocycles. The number of aryl methyl sites for hydroxylation is 1. The van der Waals surface area contributed by atoms with Crippen LogP contribution in [0.1, 0.15) is 16.3 Å². The number of aromatic nitrogens is 1. The largest absolute Gasteiger partial charge is 0.454 e. The molecule has 0 aliphatic carbocycles. The quantitative estimate of drug-likeness (QED) is 0.852. The minimum Gasteiger partial charge on any atom is -0.454 e. The van der Waals surface area contributed by atoms with Gasteiger partial charge in [-0.1, -0.05) is 6.07 Å². The molecule has 0 fully saturated rings. The number of rotatable bonds is 5. The van der Waals surface area contributed by atoms with E-state index in [1.807, 2.05) is 19.1 Å². The monoisotopic (exact) mass is 276 g/mol. The van der Waals surface area contributed by atoms with Crippen LogP contribution in [0.3, 0.4) is 0 Å². The molecule has 0 saturated carbocycles. The van der Waals surface area contributed by atoms with E-state index in [1.165, 1.54) is 11.3 Å². The fourth-order valence-corrected chi connectivity index (χ4v) is 2.67. The van der Waals surface area contributed by atoms with Crippen LogP contribution >= 0.6 is 11.3 Å². The van der Waals surface area contributed by atoms with Crippen molar-refractivity contribution >= 4 is 11.3 Å². The van der Waals surface area contributed by atoms with Crippen LogP contribution in [0.15, 0.2) is 23.6 Å². The fraction of sp³-hybridized carbons (Fsp3) is 0.357. The molecule has 2 aromatic rings. The highest BCUT2D eigenvalue weighted by Crippen LogP contribution is 2.32. The summed E-state index contributed by atoms with van der Waals surface area (Å²) >= 11 is 1.70. The summed E-state index contributed by atoms with van der Waals surface area (Å²) in [4.78, 5) is 4.44. The zero-order chi connectivity index (χ0) is 13.1. The molecule has 5 heteroatoms. The van der Waals surface area contributed by atoms with E-state index in [0.29, 0.717) is 6.79 Å². The minimum atomic E-state index is 0.329. The predicted molar refractivity (Wildman–Crippen MR) is 74.8 cm³/mol. The highest BCUT2D eigenvalue weighted by atomic mass is 32.1. The average molecular weight is 276 g/mol. The van der Waals surface area contributed by atoms with E-state index >= 15 is 0 Å². The highest BCUT2D eigenvalue weighted by molar-refractivity contribution is 7.09. The Bertz CT molecular complexity index is 568. The lowest BCUT2D eigenvalue weighted by Gasteiger charge is -2.05. The van der Waals surface area contributed by atoms with Crippen molar-refractivity contribution in [3.8, 4) is 11.5 Å². The Morgan fingerprint density at radius 2 is 2.21 bits per heavy atom. The molecule has 0 unspecified atom stereocenters. The lowest BCUT2D eigenvalue weighted by atomic mass is 10.2. The molecule has 0 bridgehead atoms. The number of hydrogen-bond donors (Lipinski definition) is 1. The normalized spacial score (nSPS) is 12.9. The third kappa shape index (κ3) is 3.05. The molecule has 1 aromatic carbocycles. The summed E-state index contributed by atoms with van der Waals surface area (Å²) in [5.74, 6) is 1.68. The van der Waals surface area contributed by atoms with E-state index in [1.54, 1.807) is 11.3 Å². The first kappa shape index (κ1) is 12.4. The summed E-state index contributed by atoms with van der Waals surface area (Å²) in [7, 11) is 0. The molecule has 0 atom stereocenters. The molecule has 4 nitrogen and oxygen atoms in total. The van der Waals surface area contributed by atoms with E-state index in [0.717, 1.165) is 36.0 Å². The van der Waals surface area contributed by atoms with E-state index in [2.05, 4.69) is 21.7 Å². The van der Waals surface area contributed by atoms with Gasteiger partial charge in [-0.2, -0.15) is 0 Å². The molecule has 19 heavy (non-hydrogen) atoms. The number of nitrogens with one attached hydrogen (secondary N) is 1. The highest BCUT2D eigenvalue weighted by Gasteiger charge is 2.12. The van der Waals surface area contributed by atoms with Crippen LogP contribution in [0.4, 0.5) is 0 Å². The predicted octanol–water partition coefficient (Wildman–Crippen LogP) is 2.51. The van der Waals surface area contributed by atoms with Crippen molar-refractivity contribution < 1.29 is 9.47 Å². The molecular weight excluding hydrogens is 260 g/mol. The second-order valence-electron chi connectivity index (χ2n) is 4.47. The number of benzene rings is 1. The van der Waals surface area contributed by atoms with Gasteiger partial charge >= 0.3 is 0 Å². The van der Waals surface area contributed by atoms with Crippen molar-refractivity contribution in [1.29, 1.82) is 0 Å².